The number of hydrogen-bond acceptors (Lipinski definition) is 3. The Bertz CT molecular complexity index is 894. The van der Waals surface area contributed by atoms with Crippen molar-refractivity contribution < 1.29 is 0 Å². The second kappa shape index (κ2) is 9.77. The average Bonchev–Trinajstić information content (AvgIpc) is 2.69. The minimum atomic E-state index is 1.00. The maximum absolute atomic E-state index is 4.44. The number of unbranched alkanes of at least 4 members (excludes halogenated alkanes) is 2. The molecular formula is C24H29N3. The number of anilines is 3. The number of fused-ring (bicyclic) bond motifs is 1. The van der Waals surface area contributed by atoms with Crippen molar-refractivity contribution in [3.8, 4) is 0 Å². The summed E-state index contributed by atoms with van der Waals surface area (Å²) in [6.45, 7) is 4.43. The zero-order valence-electron chi connectivity index (χ0n) is 16.3. The van der Waals surface area contributed by atoms with Gasteiger partial charge >= 0.3 is 0 Å². The summed E-state index contributed by atoms with van der Waals surface area (Å²) in [5.41, 5.74) is 5.58. The molecule has 1 heterocycles. The lowest BCUT2D eigenvalue weighted by Gasteiger charge is -2.14. The van der Waals surface area contributed by atoms with Gasteiger partial charge in [0.25, 0.3) is 0 Å². The van der Waals surface area contributed by atoms with Crippen LogP contribution >= 0.6 is 0 Å². The summed E-state index contributed by atoms with van der Waals surface area (Å²) in [7, 11) is 0. The topological polar surface area (TPSA) is 37.0 Å². The highest BCUT2D eigenvalue weighted by Crippen LogP contribution is 2.27. The number of pyridine rings is 1. The van der Waals surface area contributed by atoms with Crippen LogP contribution in [-0.2, 0) is 0 Å². The SMILES string of the molecule is CC/C=C(\CCCCC)Nc1cccc(Nc2ccnc3ccccc23)c1. The van der Waals surface area contributed by atoms with E-state index in [9.17, 15) is 0 Å². The monoisotopic (exact) mass is 359 g/mol. The normalized spacial score (nSPS) is 11.6. The molecule has 3 rings (SSSR count). The minimum absolute atomic E-state index is 1.00. The molecule has 2 aromatic carbocycles. The van der Waals surface area contributed by atoms with Gasteiger partial charge in [0, 0.05) is 34.3 Å². The minimum Gasteiger partial charge on any atom is -0.359 e. The first-order valence-electron chi connectivity index (χ1n) is 9.97. The molecule has 0 atom stereocenters. The summed E-state index contributed by atoms with van der Waals surface area (Å²) in [4.78, 5) is 4.44. The Kier molecular flexibility index (Phi) is 6.86. The highest BCUT2D eigenvalue weighted by molar-refractivity contribution is 5.92. The number of benzene rings is 2. The second-order valence-corrected chi connectivity index (χ2v) is 6.80. The maximum Gasteiger partial charge on any atom is 0.0722 e. The molecule has 3 heteroatoms. The van der Waals surface area contributed by atoms with E-state index >= 15 is 0 Å². The first kappa shape index (κ1) is 19.0. The second-order valence-electron chi connectivity index (χ2n) is 6.80. The number of rotatable bonds is 9. The van der Waals surface area contributed by atoms with Gasteiger partial charge in [-0.05, 0) is 49.6 Å². The zero-order valence-corrected chi connectivity index (χ0v) is 16.3. The first-order chi connectivity index (χ1) is 13.3. The maximum atomic E-state index is 4.44. The highest BCUT2D eigenvalue weighted by atomic mass is 14.9. The van der Waals surface area contributed by atoms with Crippen LogP contribution in [-0.4, -0.2) is 4.98 Å². The van der Waals surface area contributed by atoms with Crippen LogP contribution in [0.5, 0.6) is 0 Å². The fourth-order valence-electron chi connectivity index (χ4n) is 3.25. The van der Waals surface area contributed by atoms with Gasteiger partial charge < -0.3 is 10.6 Å². The highest BCUT2D eigenvalue weighted by Gasteiger charge is 2.04. The number of nitrogens with zero attached hydrogens (tertiary/aromatic N) is 1. The summed E-state index contributed by atoms with van der Waals surface area (Å²) in [6, 6.07) is 18.7. The van der Waals surface area contributed by atoms with Crippen molar-refractivity contribution in [2.24, 2.45) is 0 Å². The zero-order chi connectivity index (χ0) is 18.9. The van der Waals surface area contributed by atoms with E-state index in [4.69, 9.17) is 0 Å². The molecule has 0 amide bonds. The molecular weight excluding hydrogens is 330 g/mol. The molecule has 0 saturated heterocycles. The number of nitrogens with one attached hydrogen (secondary N) is 2. The molecule has 1 aromatic heterocycles. The molecule has 3 aromatic rings. The van der Waals surface area contributed by atoms with E-state index in [0.717, 1.165) is 40.8 Å². The predicted octanol–water partition coefficient (Wildman–Crippen LogP) is 7.26. The van der Waals surface area contributed by atoms with E-state index in [0.29, 0.717) is 0 Å². The third kappa shape index (κ3) is 5.33. The molecule has 27 heavy (non-hydrogen) atoms. The molecule has 0 aliphatic rings. The molecule has 0 unspecified atom stereocenters. The van der Waals surface area contributed by atoms with Crippen LogP contribution in [0.1, 0.15) is 46.0 Å². The number of allylic oxidation sites excluding steroid dienone is 2. The van der Waals surface area contributed by atoms with Gasteiger partial charge in [-0.2, -0.15) is 0 Å². The van der Waals surface area contributed by atoms with Crippen molar-refractivity contribution in [2.45, 2.75) is 46.0 Å². The molecule has 2 N–H and O–H groups in total. The summed E-state index contributed by atoms with van der Waals surface area (Å²) in [5, 5.41) is 8.29. The molecule has 140 valence electrons. The van der Waals surface area contributed by atoms with Crippen LogP contribution in [0.15, 0.2) is 72.6 Å². The van der Waals surface area contributed by atoms with Crippen molar-refractivity contribution >= 4 is 28.0 Å². The van der Waals surface area contributed by atoms with E-state index in [-0.39, 0.29) is 0 Å². The third-order valence-corrected chi connectivity index (χ3v) is 4.60. The van der Waals surface area contributed by atoms with E-state index < -0.39 is 0 Å². The van der Waals surface area contributed by atoms with Crippen LogP contribution in [0.4, 0.5) is 17.1 Å². The summed E-state index contributed by atoms with van der Waals surface area (Å²) in [6.07, 6.45) is 10.1. The van der Waals surface area contributed by atoms with E-state index in [1.165, 1.54) is 25.0 Å². The van der Waals surface area contributed by atoms with Crippen LogP contribution in [0.3, 0.4) is 0 Å². The lowest BCUT2D eigenvalue weighted by Crippen LogP contribution is -2.01. The Morgan fingerprint density at radius 2 is 1.81 bits per heavy atom. The van der Waals surface area contributed by atoms with Crippen LogP contribution in [0, 0.1) is 0 Å². The summed E-state index contributed by atoms with van der Waals surface area (Å²) < 4.78 is 0. The molecule has 0 spiro atoms. The first-order valence-corrected chi connectivity index (χ1v) is 9.97. The number of para-hydroxylation sites is 1. The van der Waals surface area contributed by atoms with Gasteiger partial charge in [0.1, 0.15) is 0 Å². The van der Waals surface area contributed by atoms with Gasteiger partial charge in [-0.1, -0.05) is 57.0 Å². The average molecular weight is 360 g/mol. The fourth-order valence-corrected chi connectivity index (χ4v) is 3.25. The van der Waals surface area contributed by atoms with Gasteiger partial charge in [-0.25, -0.2) is 0 Å². The lowest BCUT2D eigenvalue weighted by molar-refractivity contribution is 0.713. The summed E-state index contributed by atoms with van der Waals surface area (Å²) >= 11 is 0. The summed E-state index contributed by atoms with van der Waals surface area (Å²) in [5.74, 6) is 0. The Morgan fingerprint density at radius 3 is 2.67 bits per heavy atom. The van der Waals surface area contributed by atoms with Crippen LogP contribution in [0.25, 0.3) is 10.9 Å². The Hall–Kier alpha value is -2.81. The quantitative estimate of drug-likeness (QED) is 0.395. The smallest absolute Gasteiger partial charge is 0.0722 e. The fraction of sp³-hybridized carbons (Fsp3) is 0.292. The van der Waals surface area contributed by atoms with Crippen molar-refractivity contribution in [2.75, 3.05) is 10.6 Å². The molecule has 0 saturated carbocycles. The van der Waals surface area contributed by atoms with Gasteiger partial charge in [0.05, 0.1) is 5.52 Å². The Morgan fingerprint density at radius 1 is 0.963 bits per heavy atom. The number of hydrogen-bond donors (Lipinski definition) is 2. The van der Waals surface area contributed by atoms with Crippen molar-refractivity contribution in [3.63, 3.8) is 0 Å². The van der Waals surface area contributed by atoms with Gasteiger partial charge in [0.2, 0.25) is 0 Å². The Labute approximate surface area is 162 Å². The third-order valence-electron chi connectivity index (χ3n) is 4.60. The van der Waals surface area contributed by atoms with Gasteiger partial charge in [-0.15, -0.1) is 0 Å². The molecule has 0 radical (unpaired) electrons. The van der Waals surface area contributed by atoms with Gasteiger partial charge in [-0.3, -0.25) is 4.98 Å². The molecule has 0 bridgehead atoms. The molecule has 0 fully saturated rings. The largest absolute Gasteiger partial charge is 0.359 e. The van der Waals surface area contributed by atoms with E-state index in [1.807, 2.05) is 30.5 Å². The molecule has 0 aliphatic heterocycles. The van der Waals surface area contributed by atoms with Crippen molar-refractivity contribution in [3.05, 3.63) is 72.6 Å². The molecule has 3 nitrogen and oxygen atoms in total. The van der Waals surface area contributed by atoms with Crippen molar-refractivity contribution in [1.29, 1.82) is 0 Å². The van der Waals surface area contributed by atoms with Gasteiger partial charge in [0.15, 0.2) is 0 Å². The Balaban J connectivity index is 1.76. The van der Waals surface area contributed by atoms with Crippen molar-refractivity contribution in [1.82, 2.24) is 4.98 Å². The van der Waals surface area contributed by atoms with E-state index in [2.05, 4.69) is 65.9 Å². The van der Waals surface area contributed by atoms with Crippen LogP contribution in [0.2, 0.25) is 0 Å². The molecule has 0 aliphatic carbocycles. The lowest BCUT2D eigenvalue weighted by atomic mass is 10.1. The predicted molar refractivity (Wildman–Crippen MR) is 118 cm³/mol. The van der Waals surface area contributed by atoms with E-state index in [1.54, 1.807) is 0 Å². The standard InChI is InChI=1S/C24H29N3/c1-3-5-6-11-19(10-4-2)26-20-12-9-13-21(18-20)27-24-16-17-25-23-15-8-7-14-22(23)24/h7-10,12-18,26H,3-6,11H2,1-2H3,(H,25,27)/b19-10+. The number of aromatic nitrogens is 1. The van der Waals surface area contributed by atoms with Crippen LogP contribution < -0.4 is 10.6 Å².